The van der Waals surface area contributed by atoms with E-state index in [1.807, 2.05) is 0 Å². The predicted octanol–water partition coefficient (Wildman–Crippen LogP) is 1.13. The van der Waals surface area contributed by atoms with Crippen LogP contribution < -0.4 is 0 Å². The minimum Gasteiger partial charge on any atom is -0.481 e. The highest BCUT2D eigenvalue weighted by molar-refractivity contribution is 5.73. The van der Waals surface area contributed by atoms with Gasteiger partial charge in [0.2, 0.25) is 0 Å². The van der Waals surface area contributed by atoms with Crippen LogP contribution in [0.5, 0.6) is 0 Å². The molecule has 2 rings (SSSR count). The Balaban J connectivity index is 1.98. The number of carboxylic acids is 1. The van der Waals surface area contributed by atoms with E-state index in [-0.39, 0.29) is 11.3 Å². The van der Waals surface area contributed by atoms with Crippen molar-refractivity contribution in [2.75, 3.05) is 13.2 Å². The molecule has 0 unspecified atom stereocenters. The van der Waals surface area contributed by atoms with Crippen LogP contribution in [0.1, 0.15) is 19.8 Å². The predicted molar refractivity (Wildman–Crippen MR) is 42.8 cm³/mol. The van der Waals surface area contributed by atoms with Crippen LogP contribution >= 0.6 is 0 Å². The Morgan fingerprint density at radius 2 is 2.33 bits per heavy atom. The minimum atomic E-state index is -0.625. The monoisotopic (exact) mass is 170 g/mol. The van der Waals surface area contributed by atoms with Crippen LogP contribution in [0.3, 0.4) is 0 Å². The number of carboxylic acid groups (broad SMARTS) is 1. The highest BCUT2D eigenvalue weighted by Crippen LogP contribution is 2.56. The van der Waals surface area contributed by atoms with E-state index in [1.165, 1.54) is 0 Å². The molecule has 1 aliphatic heterocycles. The van der Waals surface area contributed by atoms with Crippen molar-refractivity contribution >= 4 is 5.97 Å². The van der Waals surface area contributed by atoms with E-state index in [0.717, 1.165) is 26.1 Å². The maximum atomic E-state index is 10.6. The van der Waals surface area contributed by atoms with E-state index in [2.05, 4.69) is 6.92 Å². The average molecular weight is 170 g/mol. The first-order valence-electron chi connectivity index (χ1n) is 4.50. The SMILES string of the molecule is CCC1([C@@H]2C[C@H]2C(=O)O)COC1. The molecule has 2 fully saturated rings. The standard InChI is InChI=1S/C9H14O3/c1-2-9(4-12-5-9)7-3-6(7)8(10)11/h6-7H,2-5H2,1H3,(H,10,11)/t6-,7-/m1/s1. The average Bonchev–Trinajstić information content (AvgIpc) is 2.66. The summed E-state index contributed by atoms with van der Waals surface area (Å²) in [6.07, 6.45) is 1.92. The van der Waals surface area contributed by atoms with Crippen molar-refractivity contribution in [3.05, 3.63) is 0 Å². The van der Waals surface area contributed by atoms with Crippen molar-refractivity contribution in [3.8, 4) is 0 Å². The van der Waals surface area contributed by atoms with Crippen molar-refractivity contribution in [3.63, 3.8) is 0 Å². The molecule has 0 aromatic carbocycles. The Morgan fingerprint density at radius 1 is 1.67 bits per heavy atom. The van der Waals surface area contributed by atoms with Gasteiger partial charge >= 0.3 is 5.97 Å². The van der Waals surface area contributed by atoms with Crippen LogP contribution in [0.2, 0.25) is 0 Å². The maximum Gasteiger partial charge on any atom is 0.306 e. The van der Waals surface area contributed by atoms with Gasteiger partial charge in [0.1, 0.15) is 0 Å². The first kappa shape index (κ1) is 8.05. The molecule has 2 aliphatic rings. The molecule has 3 nitrogen and oxygen atoms in total. The molecular weight excluding hydrogens is 156 g/mol. The van der Waals surface area contributed by atoms with Gasteiger partial charge in [0.05, 0.1) is 19.1 Å². The highest BCUT2D eigenvalue weighted by atomic mass is 16.5. The van der Waals surface area contributed by atoms with Crippen LogP contribution in [0.15, 0.2) is 0 Å². The van der Waals surface area contributed by atoms with Crippen LogP contribution in [0.4, 0.5) is 0 Å². The summed E-state index contributed by atoms with van der Waals surface area (Å²) in [5.74, 6) is -0.303. The smallest absolute Gasteiger partial charge is 0.306 e. The fourth-order valence-corrected chi connectivity index (χ4v) is 2.19. The molecule has 12 heavy (non-hydrogen) atoms. The summed E-state index contributed by atoms with van der Waals surface area (Å²) in [5, 5.41) is 8.76. The zero-order valence-electron chi connectivity index (χ0n) is 7.25. The molecule has 1 heterocycles. The molecule has 1 saturated heterocycles. The zero-order valence-corrected chi connectivity index (χ0v) is 7.25. The fourth-order valence-electron chi connectivity index (χ4n) is 2.19. The zero-order chi connectivity index (χ0) is 8.77. The third-order valence-corrected chi connectivity index (χ3v) is 3.38. The second kappa shape index (κ2) is 2.46. The van der Waals surface area contributed by atoms with Gasteiger partial charge in [0.15, 0.2) is 0 Å². The number of hydrogen-bond acceptors (Lipinski definition) is 2. The lowest BCUT2D eigenvalue weighted by molar-refractivity contribution is -0.147. The fraction of sp³-hybridized carbons (Fsp3) is 0.889. The van der Waals surface area contributed by atoms with Gasteiger partial charge in [-0.2, -0.15) is 0 Å². The Hall–Kier alpha value is -0.570. The molecule has 2 atom stereocenters. The molecule has 0 aromatic heterocycles. The van der Waals surface area contributed by atoms with Gasteiger partial charge in [-0.25, -0.2) is 0 Å². The van der Waals surface area contributed by atoms with E-state index >= 15 is 0 Å². The lowest BCUT2D eigenvalue weighted by Crippen LogP contribution is -2.44. The molecule has 0 radical (unpaired) electrons. The third kappa shape index (κ3) is 0.959. The van der Waals surface area contributed by atoms with Crippen LogP contribution in [0.25, 0.3) is 0 Å². The van der Waals surface area contributed by atoms with Crippen molar-refractivity contribution in [1.29, 1.82) is 0 Å². The summed E-state index contributed by atoms with van der Waals surface area (Å²) >= 11 is 0. The van der Waals surface area contributed by atoms with Gasteiger partial charge in [-0.3, -0.25) is 4.79 Å². The minimum absolute atomic E-state index is 0.0751. The second-order valence-corrected chi connectivity index (χ2v) is 4.00. The Morgan fingerprint density at radius 3 is 2.58 bits per heavy atom. The third-order valence-electron chi connectivity index (χ3n) is 3.38. The number of aliphatic carboxylic acids is 1. The normalized spacial score (nSPS) is 37.1. The Kier molecular flexibility index (Phi) is 1.65. The van der Waals surface area contributed by atoms with E-state index < -0.39 is 5.97 Å². The summed E-state index contributed by atoms with van der Waals surface area (Å²) in [6.45, 7) is 3.68. The molecule has 0 amide bonds. The first-order valence-corrected chi connectivity index (χ1v) is 4.50. The van der Waals surface area contributed by atoms with E-state index in [9.17, 15) is 4.79 Å². The Labute approximate surface area is 71.7 Å². The summed E-state index contributed by atoms with van der Waals surface area (Å²) < 4.78 is 5.17. The number of rotatable bonds is 3. The van der Waals surface area contributed by atoms with Gasteiger partial charge in [0.25, 0.3) is 0 Å². The van der Waals surface area contributed by atoms with Crippen molar-refractivity contribution in [2.45, 2.75) is 19.8 Å². The molecule has 1 aliphatic carbocycles. The molecule has 0 bridgehead atoms. The lowest BCUT2D eigenvalue weighted by Gasteiger charge is -2.41. The molecule has 3 heteroatoms. The van der Waals surface area contributed by atoms with E-state index in [1.54, 1.807) is 0 Å². The highest BCUT2D eigenvalue weighted by Gasteiger charge is 2.58. The van der Waals surface area contributed by atoms with Crippen molar-refractivity contribution < 1.29 is 14.6 Å². The molecule has 1 saturated carbocycles. The topological polar surface area (TPSA) is 46.5 Å². The largest absolute Gasteiger partial charge is 0.481 e. The number of ether oxygens (including phenoxy) is 1. The van der Waals surface area contributed by atoms with Crippen LogP contribution in [-0.4, -0.2) is 24.3 Å². The molecule has 0 spiro atoms. The van der Waals surface area contributed by atoms with Crippen molar-refractivity contribution in [2.24, 2.45) is 17.3 Å². The van der Waals surface area contributed by atoms with Crippen molar-refractivity contribution in [1.82, 2.24) is 0 Å². The summed E-state index contributed by atoms with van der Waals surface area (Å²) in [6, 6.07) is 0. The first-order chi connectivity index (χ1) is 5.69. The quantitative estimate of drug-likeness (QED) is 0.690. The molecular formula is C9H14O3. The summed E-state index contributed by atoms with van der Waals surface area (Å²) in [7, 11) is 0. The number of hydrogen-bond donors (Lipinski definition) is 1. The summed E-state index contributed by atoms with van der Waals surface area (Å²) in [5.41, 5.74) is 0.225. The van der Waals surface area contributed by atoms with Crippen LogP contribution in [0, 0.1) is 17.3 Å². The molecule has 68 valence electrons. The lowest BCUT2D eigenvalue weighted by atomic mass is 9.77. The van der Waals surface area contributed by atoms with Gasteiger partial charge in [0, 0.05) is 5.41 Å². The van der Waals surface area contributed by atoms with Gasteiger partial charge in [-0.1, -0.05) is 6.92 Å². The number of carbonyl (C=O) groups is 1. The van der Waals surface area contributed by atoms with Gasteiger partial charge in [-0.05, 0) is 18.8 Å². The van der Waals surface area contributed by atoms with Gasteiger partial charge in [-0.15, -0.1) is 0 Å². The summed E-state index contributed by atoms with van der Waals surface area (Å²) in [4.78, 5) is 10.6. The van der Waals surface area contributed by atoms with Crippen LogP contribution in [-0.2, 0) is 9.53 Å². The molecule has 1 N–H and O–H groups in total. The maximum absolute atomic E-state index is 10.6. The second-order valence-electron chi connectivity index (χ2n) is 4.00. The molecule has 0 aromatic rings. The van der Waals surface area contributed by atoms with E-state index in [4.69, 9.17) is 9.84 Å². The van der Waals surface area contributed by atoms with Gasteiger partial charge < -0.3 is 9.84 Å². The Bertz CT molecular complexity index is 202. The van der Waals surface area contributed by atoms with E-state index in [0.29, 0.717) is 5.92 Å².